The highest BCUT2D eigenvalue weighted by Crippen LogP contribution is 2.57. The normalized spacial score (nSPS) is 25.1. The SMILES string of the molecule is CCCNC1CC(c2ccccc2I)C1(CC)CC. The summed E-state index contributed by atoms with van der Waals surface area (Å²) >= 11 is 2.50. The smallest absolute Gasteiger partial charge is 0.0165 e. The molecular formula is C17H26IN. The number of benzene rings is 1. The zero-order chi connectivity index (χ0) is 13.9. The molecule has 0 heterocycles. The van der Waals surface area contributed by atoms with Crippen LogP contribution < -0.4 is 5.32 Å². The second kappa shape index (κ2) is 6.57. The first-order valence-corrected chi connectivity index (χ1v) is 8.75. The molecule has 1 aliphatic carbocycles. The van der Waals surface area contributed by atoms with E-state index in [9.17, 15) is 0 Å². The van der Waals surface area contributed by atoms with Gasteiger partial charge in [0.15, 0.2) is 0 Å². The maximum atomic E-state index is 3.78. The van der Waals surface area contributed by atoms with E-state index in [2.05, 4.69) is 72.9 Å². The standard InChI is InChI=1S/C17H26IN/c1-4-11-19-16-12-14(17(16,5-2)6-3)13-9-7-8-10-15(13)18/h7-10,14,16,19H,4-6,11-12H2,1-3H3. The highest BCUT2D eigenvalue weighted by atomic mass is 127. The molecule has 0 saturated heterocycles. The van der Waals surface area contributed by atoms with E-state index in [1.807, 2.05) is 0 Å². The number of nitrogens with one attached hydrogen (secondary N) is 1. The first-order valence-electron chi connectivity index (χ1n) is 7.67. The van der Waals surface area contributed by atoms with Gasteiger partial charge in [-0.15, -0.1) is 0 Å². The van der Waals surface area contributed by atoms with E-state index in [0.717, 1.165) is 12.5 Å². The van der Waals surface area contributed by atoms with Gasteiger partial charge in [0.2, 0.25) is 0 Å². The van der Waals surface area contributed by atoms with Crippen LogP contribution in [0.3, 0.4) is 0 Å². The lowest BCUT2D eigenvalue weighted by molar-refractivity contribution is 0.0198. The van der Waals surface area contributed by atoms with Crippen molar-refractivity contribution >= 4 is 22.6 Å². The first-order chi connectivity index (χ1) is 9.19. The van der Waals surface area contributed by atoms with Crippen LogP contribution in [0, 0.1) is 8.99 Å². The van der Waals surface area contributed by atoms with E-state index in [4.69, 9.17) is 0 Å². The summed E-state index contributed by atoms with van der Waals surface area (Å²) in [6.07, 6.45) is 5.09. The average Bonchev–Trinajstić information content (AvgIpc) is 2.41. The van der Waals surface area contributed by atoms with Crippen LogP contribution in [-0.4, -0.2) is 12.6 Å². The lowest BCUT2D eigenvalue weighted by Gasteiger charge is -2.57. The van der Waals surface area contributed by atoms with Gasteiger partial charge in [-0.1, -0.05) is 39.0 Å². The molecule has 106 valence electrons. The molecule has 1 saturated carbocycles. The zero-order valence-electron chi connectivity index (χ0n) is 12.4. The molecule has 0 aromatic heterocycles. The second-order valence-electron chi connectivity index (χ2n) is 5.76. The van der Waals surface area contributed by atoms with Crippen molar-refractivity contribution in [2.45, 2.75) is 58.4 Å². The molecule has 1 N–H and O–H groups in total. The van der Waals surface area contributed by atoms with Gasteiger partial charge >= 0.3 is 0 Å². The fraction of sp³-hybridized carbons (Fsp3) is 0.647. The molecule has 2 heteroatoms. The fourth-order valence-corrected chi connectivity index (χ4v) is 4.59. The van der Waals surface area contributed by atoms with Gasteiger partial charge in [-0.05, 0) is 77.8 Å². The third-order valence-corrected chi connectivity index (χ3v) is 6.08. The zero-order valence-corrected chi connectivity index (χ0v) is 14.5. The van der Waals surface area contributed by atoms with Gasteiger partial charge in [0.05, 0.1) is 0 Å². The minimum absolute atomic E-state index is 0.469. The molecule has 2 atom stereocenters. The summed E-state index contributed by atoms with van der Waals surface area (Å²) in [6, 6.07) is 9.64. The van der Waals surface area contributed by atoms with Gasteiger partial charge in [0.25, 0.3) is 0 Å². The van der Waals surface area contributed by atoms with Crippen LogP contribution in [-0.2, 0) is 0 Å². The maximum Gasteiger partial charge on any atom is 0.0165 e. The van der Waals surface area contributed by atoms with Gasteiger partial charge in [0, 0.05) is 9.61 Å². The van der Waals surface area contributed by atoms with Crippen LogP contribution in [0.2, 0.25) is 0 Å². The van der Waals surface area contributed by atoms with Crippen LogP contribution in [0.4, 0.5) is 0 Å². The Morgan fingerprint density at radius 2 is 1.89 bits per heavy atom. The number of rotatable bonds is 6. The van der Waals surface area contributed by atoms with E-state index in [1.54, 1.807) is 5.56 Å². The van der Waals surface area contributed by atoms with Gasteiger partial charge in [-0.25, -0.2) is 0 Å². The van der Waals surface area contributed by atoms with Crippen LogP contribution >= 0.6 is 22.6 Å². The third kappa shape index (κ3) is 2.71. The molecule has 2 unspecified atom stereocenters. The summed E-state index contributed by atoms with van der Waals surface area (Å²) in [4.78, 5) is 0. The van der Waals surface area contributed by atoms with Crippen molar-refractivity contribution in [2.24, 2.45) is 5.41 Å². The molecule has 0 radical (unpaired) electrons. The summed E-state index contributed by atoms with van der Waals surface area (Å²) in [5, 5.41) is 3.78. The van der Waals surface area contributed by atoms with Crippen LogP contribution in [0.5, 0.6) is 0 Å². The van der Waals surface area contributed by atoms with Gasteiger partial charge in [0.1, 0.15) is 0 Å². The minimum Gasteiger partial charge on any atom is -0.313 e. The van der Waals surface area contributed by atoms with E-state index in [0.29, 0.717) is 11.5 Å². The molecule has 0 bridgehead atoms. The van der Waals surface area contributed by atoms with Crippen molar-refractivity contribution in [1.29, 1.82) is 0 Å². The maximum absolute atomic E-state index is 3.78. The van der Waals surface area contributed by atoms with Crippen LogP contribution in [0.25, 0.3) is 0 Å². The Kier molecular flexibility index (Phi) is 5.29. The highest BCUT2D eigenvalue weighted by molar-refractivity contribution is 14.1. The lowest BCUT2D eigenvalue weighted by Crippen LogP contribution is -2.58. The monoisotopic (exact) mass is 371 g/mol. The third-order valence-electron chi connectivity index (χ3n) is 5.10. The Labute approximate surface area is 131 Å². The summed E-state index contributed by atoms with van der Waals surface area (Å²) in [6.45, 7) is 8.14. The van der Waals surface area contributed by atoms with E-state index < -0.39 is 0 Å². The molecule has 1 fully saturated rings. The Morgan fingerprint density at radius 1 is 1.21 bits per heavy atom. The first kappa shape index (κ1) is 15.3. The minimum atomic E-state index is 0.469. The van der Waals surface area contributed by atoms with E-state index in [-0.39, 0.29) is 0 Å². The summed E-state index contributed by atoms with van der Waals surface area (Å²) < 4.78 is 1.44. The fourth-order valence-electron chi connectivity index (χ4n) is 3.82. The largest absolute Gasteiger partial charge is 0.313 e. The molecule has 0 spiro atoms. The Bertz CT molecular complexity index is 411. The predicted octanol–water partition coefficient (Wildman–Crippen LogP) is 4.95. The quantitative estimate of drug-likeness (QED) is 0.698. The van der Waals surface area contributed by atoms with E-state index in [1.165, 1.54) is 29.3 Å². The molecule has 2 rings (SSSR count). The molecule has 0 amide bonds. The summed E-state index contributed by atoms with van der Waals surface area (Å²) in [5.41, 5.74) is 2.04. The molecule has 19 heavy (non-hydrogen) atoms. The summed E-state index contributed by atoms with van der Waals surface area (Å²) in [7, 11) is 0. The van der Waals surface area contributed by atoms with Crippen LogP contribution in [0.15, 0.2) is 24.3 Å². The van der Waals surface area contributed by atoms with E-state index >= 15 is 0 Å². The molecule has 1 aliphatic rings. The van der Waals surface area contributed by atoms with Crippen molar-refractivity contribution < 1.29 is 0 Å². The Balaban J connectivity index is 2.21. The van der Waals surface area contributed by atoms with Gasteiger partial charge in [-0.3, -0.25) is 0 Å². The van der Waals surface area contributed by atoms with Crippen molar-refractivity contribution in [1.82, 2.24) is 5.32 Å². The van der Waals surface area contributed by atoms with Gasteiger partial charge < -0.3 is 5.32 Å². The molecule has 1 aromatic carbocycles. The van der Waals surface area contributed by atoms with Crippen molar-refractivity contribution in [3.63, 3.8) is 0 Å². The Hall–Kier alpha value is -0.0900. The highest BCUT2D eigenvalue weighted by Gasteiger charge is 2.52. The number of hydrogen-bond acceptors (Lipinski definition) is 1. The molecule has 0 aliphatic heterocycles. The average molecular weight is 371 g/mol. The summed E-state index contributed by atoms with van der Waals surface area (Å²) in [5.74, 6) is 0.741. The number of halogens is 1. The lowest BCUT2D eigenvalue weighted by atomic mass is 9.52. The topological polar surface area (TPSA) is 12.0 Å². The predicted molar refractivity (Wildman–Crippen MR) is 91.6 cm³/mol. The second-order valence-corrected chi connectivity index (χ2v) is 6.92. The van der Waals surface area contributed by atoms with Crippen molar-refractivity contribution in [3.8, 4) is 0 Å². The molecule has 1 aromatic rings. The van der Waals surface area contributed by atoms with Gasteiger partial charge in [-0.2, -0.15) is 0 Å². The number of hydrogen-bond donors (Lipinski definition) is 1. The van der Waals surface area contributed by atoms with Crippen molar-refractivity contribution in [3.05, 3.63) is 33.4 Å². The van der Waals surface area contributed by atoms with Crippen LogP contribution in [0.1, 0.15) is 57.9 Å². The Morgan fingerprint density at radius 3 is 2.47 bits per heavy atom. The molecule has 1 nitrogen and oxygen atoms in total. The molecular weight excluding hydrogens is 345 g/mol. The van der Waals surface area contributed by atoms with Crippen molar-refractivity contribution in [2.75, 3.05) is 6.54 Å².